The Hall–Kier alpha value is -2.02. The number of aryl methyl sites for hydroxylation is 1. The van der Waals surface area contributed by atoms with Crippen molar-refractivity contribution in [3.05, 3.63) is 70.0 Å². The van der Waals surface area contributed by atoms with Gasteiger partial charge in [-0.2, -0.15) is 0 Å². The molecule has 0 aliphatic rings. The molecule has 5 nitrogen and oxygen atoms in total. The van der Waals surface area contributed by atoms with E-state index in [4.69, 9.17) is 23.2 Å². The third kappa shape index (κ3) is 4.83. The fraction of sp³-hybridized carbons (Fsp3) is 0.211. The quantitative estimate of drug-likeness (QED) is 0.578. The summed E-state index contributed by atoms with van der Waals surface area (Å²) in [7, 11) is 0. The van der Waals surface area contributed by atoms with E-state index in [2.05, 4.69) is 15.5 Å². The molecule has 0 aliphatic heterocycles. The zero-order valence-electron chi connectivity index (χ0n) is 14.8. The van der Waals surface area contributed by atoms with Crippen molar-refractivity contribution in [2.24, 2.45) is 0 Å². The van der Waals surface area contributed by atoms with Gasteiger partial charge in [0.2, 0.25) is 5.91 Å². The highest BCUT2D eigenvalue weighted by Crippen LogP contribution is 2.26. The van der Waals surface area contributed by atoms with E-state index in [-0.39, 0.29) is 17.7 Å². The highest BCUT2D eigenvalue weighted by molar-refractivity contribution is 7.99. The Kier molecular flexibility index (Phi) is 6.42. The summed E-state index contributed by atoms with van der Waals surface area (Å²) in [4.78, 5) is 12.4. The Morgan fingerprint density at radius 1 is 1.19 bits per heavy atom. The van der Waals surface area contributed by atoms with Crippen molar-refractivity contribution in [2.75, 3.05) is 5.75 Å². The van der Waals surface area contributed by atoms with Crippen LogP contribution in [-0.4, -0.2) is 26.4 Å². The molecule has 8 heteroatoms. The molecule has 0 radical (unpaired) electrons. The fourth-order valence-corrected chi connectivity index (χ4v) is 4.04. The van der Waals surface area contributed by atoms with E-state index >= 15 is 0 Å². The molecule has 1 unspecified atom stereocenters. The van der Waals surface area contributed by atoms with Crippen LogP contribution >= 0.6 is 35.0 Å². The van der Waals surface area contributed by atoms with Crippen LogP contribution in [0, 0.1) is 6.92 Å². The van der Waals surface area contributed by atoms with Gasteiger partial charge in [-0.15, -0.1) is 10.2 Å². The summed E-state index contributed by atoms with van der Waals surface area (Å²) >= 11 is 13.5. The molecule has 0 saturated carbocycles. The normalized spacial score (nSPS) is 12.0. The maximum atomic E-state index is 12.4. The van der Waals surface area contributed by atoms with E-state index in [0.29, 0.717) is 15.2 Å². The van der Waals surface area contributed by atoms with Gasteiger partial charge in [-0.05, 0) is 43.7 Å². The van der Waals surface area contributed by atoms with E-state index in [1.165, 1.54) is 11.8 Å². The topological polar surface area (TPSA) is 59.8 Å². The van der Waals surface area contributed by atoms with Crippen LogP contribution in [0.25, 0.3) is 5.69 Å². The Morgan fingerprint density at radius 2 is 1.93 bits per heavy atom. The average Bonchev–Trinajstić information content (AvgIpc) is 3.01. The van der Waals surface area contributed by atoms with Crippen LogP contribution in [0.1, 0.15) is 24.4 Å². The van der Waals surface area contributed by atoms with Gasteiger partial charge in [-0.1, -0.05) is 59.2 Å². The van der Waals surface area contributed by atoms with Crippen molar-refractivity contribution in [1.82, 2.24) is 20.1 Å². The van der Waals surface area contributed by atoms with E-state index in [0.717, 1.165) is 17.1 Å². The van der Waals surface area contributed by atoms with Crippen molar-refractivity contribution in [3.63, 3.8) is 0 Å². The molecule has 140 valence electrons. The lowest BCUT2D eigenvalue weighted by atomic mass is 10.1. The molecule has 27 heavy (non-hydrogen) atoms. The third-order valence-electron chi connectivity index (χ3n) is 3.95. The fourth-order valence-electron chi connectivity index (χ4n) is 2.65. The SMILES string of the molecule is Cc1nnc(SCC(=O)NC(C)c2ccc(Cl)cc2Cl)n1-c1ccccc1. The van der Waals surface area contributed by atoms with Crippen molar-refractivity contribution in [2.45, 2.75) is 25.0 Å². The third-order valence-corrected chi connectivity index (χ3v) is 5.44. The minimum Gasteiger partial charge on any atom is -0.349 e. The Morgan fingerprint density at radius 3 is 2.63 bits per heavy atom. The number of hydrogen-bond acceptors (Lipinski definition) is 4. The predicted octanol–water partition coefficient (Wildman–Crippen LogP) is 4.85. The lowest BCUT2D eigenvalue weighted by Gasteiger charge is -2.16. The molecule has 0 fully saturated rings. The number of para-hydroxylation sites is 1. The molecule has 0 bridgehead atoms. The van der Waals surface area contributed by atoms with Gasteiger partial charge >= 0.3 is 0 Å². The zero-order chi connectivity index (χ0) is 19.4. The van der Waals surface area contributed by atoms with Gasteiger partial charge in [0.1, 0.15) is 5.82 Å². The van der Waals surface area contributed by atoms with Gasteiger partial charge < -0.3 is 5.32 Å². The first kappa shape index (κ1) is 19.7. The summed E-state index contributed by atoms with van der Waals surface area (Å²) in [5.74, 6) is 0.879. The first-order valence-electron chi connectivity index (χ1n) is 8.30. The van der Waals surface area contributed by atoms with E-state index in [1.54, 1.807) is 12.1 Å². The van der Waals surface area contributed by atoms with Gasteiger partial charge in [0, 0.05) is 15.7 Å². The number of carbonyl (C=O) groups excluding carboxylic acids is 1. The molecule has 0 saturated heterocycles. The molecule has 3 rings (SSSR count). The number of hydrogen-bond donors (Lipinski definition) is 1. The summed E-state index contributed by atoms with van der Waals surface area (Å²) in [5.41, 5.74) is 1.78. The average molecular weight is 421 g/mol. The van der Waals surface area contributed by atoms with Crippen molar-refractivity contribution in [1.29, 1.82) is 0 Å². The number of halogens is 2. The number of nitrogens with zero attached hydrogens (tertiary/aromatic N) is 3. The van der Waals surface area contributed by atoms with Crippen molar-refractivity contribution in [3.8, 4) is 5.69 Å². The second kappa shape index (κ2) is 8.78. The molecular weight excluding hydrogens is 403 g/mol. The van der Waals surface area contributed by atoms with Gasteiger partial charge in [0.25, 0.3) is 0 Å². The zero-order valence-corrected chi connectivity index (χ0v) is 17.1. The second-order valence-electron chi connectivity index (χ2n) is 5.94. The molecule has 2 aromatic carbocycles. The molecule has 1 N–H and O–H groups in total. The summed E-state index contributed by atoms with van der Waals surface area (Å²) in [5, 5.41) is 13.0. The number of aromatic nitrogens is 3. The van der Waals surface area contributed by atoms with Crippen LogP contribution in [0.5, 0.6) is 0 Å². The summed E-state index contributed by atoms with van der Waals surface area (Å²) in [6.45, 7) is 3.77. The Balaban J connectivity index is 1.65. The van der Waals surface area contributed by atoms with Gasteiger partial charge in [0.15, 0.2) is 5.16 Å². The van der Waals surface area contributed by atoms with Gasteiger partial charge in [-0.3, -0.25) is 9.36 Å². The van der Waals surface area contributed by atoms with Crippen LogP contribution in [0.2, 0.25) is 10.0 Å². The molecule has 1 aromatic heterocycles. The van der Waals surface area contributed by atoms with E-state index in [1.807, 2.05) is 54.8 Å². The molecule has 0 spiro atoms. The number of nitrogens with one attached hydrogen (secondary N) is 1. The van der Waals surface area contributed by atoms with Crippen LogP contribution < -0.4 is 5.32 Å². The number of carbonyl (C=O) groups is 1. The molecule has 1 heterocycles. The Bertz CT molecular complexity index is 946. The van der Waals surface area contributed by atoms with Crippen LogP contribution in [0.15, 0.2) is 53.7 Å². The Labute approximate surface area is 172 Å². The van der Waals surface area contributed by atoms with Crippen LogP contribution in [-0.2, 0) is 4.79 Å². The standard InChI is InChI=1S/C19H18Cl2N4OS/c1-12(16-9-8-14(20)10-17(16)21)22-18(26)11-27-19-24-23-13(2)25(19)15-6-4-3-5-7-15/h3-10,12H,11H2,1-2H3,(H,22,26). The first-order chi connectivity index (χ1) is 13.0. The summed E-state index contributed by atoms with van der Waals surface area (Å²) in [6.07, 6.45) is 0. The first-order valence-corrected chi connectivity index (χ1v) is 10.0. The van der Waals surface area contributed by atoms with Gasteiger partial charge in [-0.25, -0.2) is 0 Å². The van der Waals surface area contributed by atoms with Crippen molar-refractivity contribution >= 4 is 40.9 Å². The lowest BCUT2D eigenvalue weighted by molar-refractivity contribution is -0.119. The second-order valence-corrected chi connectivity index (χ2v) is 7.73. The number of rotatable bonds is 6. The van der Waals surface area contributed by atoms with Crippen LogP contribution in [0.3, 0.4) is 0 Å². The highest BCUT2D eigenvalue weighted by atomic mass is 35.5. The molecule has 1 amide bonds. The van der Waals surface area contributed by atoms with Gasteiger partial charge in [0.05, 0.1) is 11.8 Å². The monoisotopic (exact) mass is 420 g/mol. The van der Waals surface area contributed by atoms with E-state index < -0.39 is 0 Å². The minimum absolute atomic E-state index is 0.112. The molecule has 1 atom stereocenters. The van der Waals surface area contributed by atoms with E-state index in [9.17, 15) is 4.79 Å². The smallest absolute Gasteiger partial charge is 0.230 e. The number of benzene rings is 2. The number of amides is 1. The largest absolute Gasteiger partial charge is 0.349 e. The van der Waals surface area contributed by atoms with Crippen molar-refractivity contribution < 1.29 is 4.79 Å². The molecule has 3 aromatic rings. The summed E-state index contributed by atoms with van der Waals surface area (Å²) in [6, 6.07) is 14.8. The molecular formula is C19H18Cl2N4OS. The van der Waals surface area contributed by atoms with Crippen LogP contribution in [0.4, 0.5) is 0 Å². The number of thioether (sulfide) groups is 1. The lowest BCUT2D eigenvalue weighted by Crippen LogP contribution is -2.28. The summed E-state index contributed by atoms with van der Waals surface area (Å²) < 4.78 is 1.93. The minimum atomic E-state index is -0.225. The molecule has 0 aliphatic carbocycles. The maximum Gasteiger partial charge on any atom is 0.230 e. The highest BCUT2D eigenvalue weighted by Gasteiger charge is 2.16. The predicted molar refractivity (Wildman–Crippen MR) is 110 cm³/mol. The maximum absolute atomic E-state index is 12.4.